The lowest BCUT2D eigenvalue weighted by molar-refractivity contribution is 0.0660. The summed E-state index contributed by atoms with van der Waals surface area (Å²) in [5.41, 5.74) is 3.42. The number of rotatable bonds is 3. The number of phenolic OH excluding ortho intramolecular Hbond substituents is 1. The van der Waals surface area contributed by atoms with Crippen molar-refractivity contribution in [3.63, 3.8) is 0 Å². The first kappa shape index (κ1) is 13.9. The summed E-state index contributed by atoms with van der Waals surface area (Å²) in [6.07, 6.45) is 7.70. The normalized spacial score (nSPS) is 25.6. The van der Waals surface area contributed by atoms with Crippen molar-refractivity contribution >= 4 is 0 Å². The number of nitrogens with zero attached hydrogens (tertiary/aromatic N) is 1. The molecule has 1 fully saturated rings. The molecule has 0 saturated carbocycles. The zero-order chi connectivity index (χ0) is 14.2. The number of aryl methyl sites for hydroxylation is 1. The molecule has 1 aliphatic heterocycles. The third-order valence-electron chi connectivity index (χ3n) is 5.97. The van der Waals surface area contributed by atoms with Crippen LogP contribution in [-0.2, 0) is 6.42 Å². The van der Waals surface area contributed by atoms with Crippen LogP contribution in [0.5, 0.6) is 5.75 Å². The summed E-state index contributed by atoms with van der Waals surface area (Å²) in [4.78, 5) is 2.69. The highest BCUT2D eigenvalue weighted by atomic mass is 16.3. The van der Waals surface area contributed by atoms with Gasteiger partial charge in [0.25, 0.3) is 0 Å². The van der Waals surface area contributed by atoms with E-state index < -0.39 is 0 Å². The average molecular weight is 273 g/mol. The standard InChI is InChI=1S/C18H27NO/c1-3-18(4-2)9-11-19(12-10-18)17-8-5-14-13-15(20)6-7-16(14)17/h6-7,13,17,20H,3-5,8-12H2,1-2H3. The lowest BCUT2D eigenvalue weighted by Gasteiger charge is -2.43. The minimum atomic E-state index is 0.416. The molecule has 3 rings (SSSR count). The molecule has 0 radical (unpaired) electrons. The van der Waals surface area contributed by atoms with E-state index >= 15 is 0 Å². The van der Waals surface area contributed by atoms with Gasteiger partial charge in [-0.05, 0) is 67.4 Å². The fraction of sp³-hybridized carbons (Fsp3) is 0.667. The van der Waals surface area contributed by atoms with E-state index in [2.05, 4.69) is 24.8 Å². The second kappa shape index (κ2) is 5.40. The molecule has 1 atom stereocenters. The highest BCUT2D eigenvalue weighted by Gasteiger charge is 2.36. The summed E-state index contributed by atoms with van der Waals surface area (Å²) in [5, 5.41) is 9.61. The maximum absolute atomic E-state index is 9.61. The van der Waals surface area contributed by atoms with Crippen LogP contribution in [0.3, 0.4) is 0 Å². The van der Waals surface area contributed by atoms with Crippen LogP contribution in [-0.4, -0.2) is 23.1 Å². The van der Waals surface area contributed by atoms with Gasteiger partial charge in [0.15, 0.2) is 0 Å². The summed E-state index contributed by atoms with van der Waals surface area (Å²) in [5.74, 6) is 0.416. The lowest BCUT2D eigenvalue weighted by atomic mass is 9.74. The van der Waals surface area contributed by atoms with Gasteiger partial charge in [0, 0.05) is 6.04 Å². The van der Waals surface area contributed by atoms with Crippen molar-refractivity contribution in [2.75, 3.05) is 13.1 Å². The van der Waals surface area contributed by atoms with Crippen LogP contribution in [0.1, 0.15) is 63.1 Å². The summed E-state index contributed by atoms with van der Waals surface area (Å²) in [6.45, 7) is 7.19. The molecule has 0 spiro atoms. The maximum atomic E-state index is 9.61. The molecule has 1 aliphatic carbocycles. The number of fused-ring (bicyclic) bond motifs is 1. The molecule has 1 N–H and O–H groups in total. The molecule has 0 bridgehead atoms. The Bertz CT molecular complexity index is 468. The molecule has 1 unspecified atom stereocenters. The minimum absolute atomic E-state index is 0.416. The molecule has 0 amide bonds. The van der Waals surface area contributed by atoms with Gasteiger partial charge < -0.3 is 5.11 Å². The van der Waals surface area contributed by atoms with Gasteiger partial charge >= 0.3 is 0 Å². The number of likely N-dealkylation sites (tertiary alicyclic amines) is 1. The largest absolute Gasteiger partial charge is 0.508 e. The highest BCUT2D eigenvalue weighted by molar-refractivity contribution is 5.40. The van der Waals surface area contributed by atoms with Gasteiger partial charge in [-0.25, -0.2) is 0 Å². The van der Waals surface area contributed by atoms with E-state index in [1.807, 2.05) is 12.1 Å². The van der Waals surface area contributed by atoms with Crippen LogP contribution in [0.4, 0.5) is 0 Å². The highest BCUT2D eigenvalue weighted by Crippen LogP contribution is 2.43. The number of aromatic hydroxyl groups is 1. The van der Waals surface area contributed by atoms with Crippen molar-refractivity contribution < 1.29 is 5.11 Å². The molecule has 2 heteroatoms. The lowest BCUT2D eigenvalue weighted by Crippen LogP contribution is -2.41. The molecule has 1 aromatic rings. The Hall–Kier alpha value is -1.02. The van der Waals surface area contributed by atoms with Crippen molar-refractivity contribution in [3.8, 4) is 5.75 Å². The van der Waals surface area contributed by atoms with E-state index in [1.165, 1.54) is 56.3 Å². The Kier molecular flexibility index (Phi) is 3.76. The maximum Gasteiger partial charge on any atom is 0.115 e. The van der Waals surface area contributed by atoms with E-state index in [-0.39, 0.29) is 0 Å². The van der Waals surface area contributed by atoms with E-state index in [1.54, 1.807) is 0 Å². The van der Waals surface area contributed by atoms with Crippen LogP contribution in [0.15, 0.2) is 18.2 Å². The van der Waals surface area contributed by atoms with Crippen LogP contribution >= 0.6 is 0 Å². The van der Waals surface area contributed by atoms with E-state index in [0.717, 1.165) is 6.42 Å². The van der Waals surface area contributed by atoms with Crippen molar-refractivity contribution in [1.82, 2.24) is 4.90 Å². The van der Waals surface area contributed by atoms with Gasteiger partial charge in [0.1, 0.15) is 5.75 Å². The Morgan fingerprint density at radius 2 is 1.90 bits per heavy atom. The third kappa shape index (κ3) is 2.35. The van der Waals surface area contributed by atoms with Crippen molar-refractivity contribution in [1.29, 1.82) is 0 Å². The fourth-order valence-electron chi connectivity index (χ4n) is 4.23. The summed E-state index contributed by atoms with van der Waals surface area (Å²) >= 11 is 0. The van der Waals surface area contributed by atoms with Crippen LogP contribution in [0.2, 0.25) is 0 Å². The van der Waals surface area contributed by atoms with Crippen molar-refractivity contribution in [3.05, 3.63) is 29.3 Å². The van der Waals surface area contributed by atoms with Gasteiger partial charge in [-0.3, -0.25) is 4.90 Å². The van der Waals surface area contributed by atoms with Gasteiger partial charge in [0.2, 0.25) is 0 Å². The number of hydrogen-bond acceptors (Lipinski definition) is 2. The summed E-state index contributed by atoms with van der Waals surface area (Å²) in [7, 11) is 0. The first-order chi connectivity index (χ1) is 9.67. The van der Waals surface area contributed by atoms with E-state index in [0.29, 0.717) is 17.2 Å². The van der Waals surface area contributed by atoms with E-state index in [9.17, 15) is 5.11 Å². The predicted octanol–water partition coefficient (Wildman–Crippen LogP) is 4.28. The van der Waals surface area contributed by atoms with Crippen LogP contribution in [0, 0.1) is 5.41 Å². The van der Waals surface area contributed by atoms with Gasteiger partial charge in [-0.2, -0.15) is 0 Å². The van der Waals surface area contributed by atoms with Crippen molar-refractivity contribution in [2.24, 2.45) is 5.41 Å². The summed E-state index contributed by atoms with van der Waals surface area (Å²) < 4.78 is 0. The Morgan fingerprint density at radius 3 is 2.55 bits per heavy atom. The molecule has 1 aromatic carbocycles. The van der Waals surface area contributed by atoms with Gasteiger partial charge in [-0.15, -0.1) is 0 Å². The quantitative estimate of drug-likeness (QED) is 0.888. The number of phenols is 1. The Balaban J connectivity index is 1.72. The Labute approximate surface area is 122 Å². The second-order valence-electron chi connectivity index (χ2n) is 6.68. The predicted molar refractivity (Wildman–Crippen MR) is 83.0 cm³/mol. The fourth-order valence-corrected chi connectivity index (χ4v) is 4.23. The second-order valence-corrected chi connectivity index (χ2v) is 6.68. The monoisotopic (exact) mass is 273 g/mol. The first-order valence-corrected chi connectivity index (χ1v) is 8.23. The zero-order valence-electron chi connectivity index (χ0n) is 12.9. The molecule has 110 valence electrons. The van der Waals surface area contributed by atoms with Gasteiger partial charge in [-0.1, -0.05) is 32.8 Å². The van der Waals surface area contributed by atoms with Crippen molar-refractivity contribution in [2.45, 2.75) is 58.4 Å². The molecule has 2 nitrogen and oxygen atoms in total. The molecule has 2 aliphatic rings. The SMILES string of the molecule is CCC1(CC)CCN(C2CCc3cc(O)ccc32)CC1. The Morgan fingerprint density at radius 1 is 1.20 bits per heavy atom. The molecule has 0 aromatic heterocycles. The minimum Gasteiger partial charge on any atom is -0.508 e. The third-order valence-corrected chi connectivity index (χ3v) is 5.97. The topological polar surface area (TPSA) is 23.5 Å². The van der Waals surface area contributed by atoms with Crippen LogP contribution in [0.25, 0.3) is 0 Å². The number of piperidine rings is 1. The zero-order valence-corrected chi connectivity index (χ0v) is 12.9. The molecule has 20 heavy (non-hydrogen) atoms. The molecule has 1 heterocycles. The number of hydrogen-bond donors (Lipinski definition) is 1. The summed E-state index contributed by atoms with van der Waals surface area (Å²) in [6, 6.07) is 6.55. The smallest absolute Gasteiger partial charge is 0.115 e. The molecular formula is C18H27NO. The van der Waals surface area contributed by atoms with E-state index in [4.69, 9.17) is 0 Å². The first-order valence-electron chi connectivity index (χ1n) is 8.23. The van der Waals surface area contributed by atoms with Gasteiger partial charge in [0.05, 0.1) is 0 Å². The number of benzene rings is 1. The molecular weight excluding hydrogens is 246 g/mol. The van der Waals surface area contributed by atoms with Crippen LogP contribution < -0.4 is 0 Å². The average Bonchev–Trinajstić information content (AvgIpc) is 2.90. The molecule has 1 saturated heterocycles.